The molecule has 0 saturated carbocycles. The number of benzene rings is 1. The number of nitrogens with zero attached hydrogens (tertiary/aromatic N) is 1. The summed E-state index contributed by atoms with van der Waals surface area (Å²) in [4.78, 5) is 7.11. The van der Waals surface area contributed by atoms with Crippen LogP contribution in [0.1, 0.15) is 5.82 Å². The van der Waals surface area contributed by atoms with Gasteiger partial charge in [-0.25, -0.2) is 9.37 Å². The number of nitrogens with one attached hydrogen (secondary N) is 1. The summed E-state index contributed by atoms with van der Waals surface area (Å²) < 4.78 is 18.4. The van der Waals surface area contributed by atoms with Gasteiger partial charge in [-0.15, -0.1) is 0 Å². The number of aliphatic hydroxyl groups is 1. The molecule has 2 aromatic rings. The van der Waals surface area contributed by atoms with E-state index in [4.69, 9.17) is 9.84 Å². The number of aromatic nitrogens is 2. The van der Waals surface area contributed by atoms with Crippen molar-refractivity contribution in [1.29, 1.82) is 0 Å². The molecule has 0 fully saturated rings. The molecule has 0 aliphatic carbocycles. The molecule has 90 valence electrons. The van der Waals surface area contributed by atoms with Crippen LogP contribution in [0.4, 0.5) is 4.39 Å². The summed E-state index contributed by atoms with van der Waals surface area (Å²) in [5.74, 6) is 0.901. The van der Waals surface area contributed by atoms with Crippen LogP contribution in [0, 0.1) is 5.82 Å². The molecule has 0 unspecified atom stereocenters. The van der Waals surface area contributed by atoms with E-state index in [2.05, 4.69) is 9.97 Å². The Kier molecular flexibility index (Phi) is 3.39. The molecule has 0 spiro atoms. The number of methoxy groups -OCH3 is 1. The molecular weight excluding hydrogens is 223 g/mol. The van der Waals surface area contributed by atoms with Crippen molar-refractivity contribution in [1.82, 2.24) is 9.97 Å². The average molecular weight is 236 g/mol. The Labute approximate surface area is 98.1 Å². The predicted molar refractivity (Wildman–Crippen MR) is 61.3 cm³/mol. The van der Waals surface area contributed by atoms with Crippen molar-refractivity contribution in [2.45, 2.75) is 6.42 Å². The first-order valence-corrected chi connectivity index (χ1v) is 5.23. The van der Waals surface area contributed by atoms with Crippen molar-refractivity contribution in [3.05, 3.63) is 36.0 Å². The highest BCUT2D eigenvalue weighted by Gasteiger charge is 2.10. The number of rotatable bonds is 4. The highest BCUT2D eigenvalue weighted by Crippen LogP contribution is 2.29. The molecular formula is C12H13FN2O2. The van der Waals surface area contributed by atoms with E-state index in [1.807, 2.05) is 0 Å². The molecule has 0 amide bonds. The molecule has 0 aliphatic heterocycles. The van der Waals surface area contributed by atoms with E-state index >= 15 is 0 Å². The van der Waals surface area contributed by atoms with Gasteiger partial charge in [0.25, 0.3) is 0 Å². The summed E-state index contributed by atoms with van der Waals surface area (Å²) in [6, 6.07) is 4.29. The highest BCUT2D eigenvalue weighted by atomic mass is 19.1. The third-order valence-corrected chi connectivity index (χ3v) is 2.43. The van der Waals surface area contributed by atoms with E-state index in [1.54, 1.807) is 12.3 Å². The van der Waals surface area contributed by atoms with Gasteiger partial charge < -0.3 is 14.8 Å². The van der Waals surface area contributed by atoms with Crippen molar-refractivity contribution in [3.63, 3.8) is 0 Å². The fraction of sp³-hybridized carbons (Fsp3) is 0.250. The molecule has 0 saturated heterocycles. The van der Waals surface area contributed by atoms with Crippen LogP contribution in [0.25, 0.3) is 11.3 Å². The maximum Gasteiger partial charge on any atom is 0.128 e. The topological polar surface area (TPSA) is 58.1 Å². The van der Waals surface area contributed by atoms with Crippen LogP contribution in [-0.4, -0.2) is 28.8 Å². The summed E-state index contributed by atoms with van der Waals surface area (Å²) in [6.45, 7) is 0.0211. The molecule has 0 aliphatic rings. The number of aliphatic hydroxyl groups excluding tert-OH is 1. The van der Waals surface area contributed by atoms with Crippen LogP contribution in [0.5, 0.6) is 5.75 Å². The molecule has 1 aromatic heterocycles. The minimum absolute atomic E-state index is 0.0211. The van der Waals surface area contributed by atoms with Crippen LogP contribution in [0.2, 0.25) is 0 Å². The highest BCUT2D eigenvalue weighted by molar-refractivity contribution is 5.66. The summed E-state index contributed by atoms with van der Waals surface area (Å²) in [5, 5.41) is 8.80. The van der Waals surface area contributed by atoms with E-state index in [0.29, 0.717) is 29.3 Å². The van der Waals surface area contributed by atoms with Gasteiger partial charge >= 0.3 is 0 Å². The fourth-order valence-electron chi connectivity index (χ4n) is 1.62. The van der Waals surface area contributed by atoms with Crippen molar-refractivity contribution in [2.75, 3.05) is 13.7 Å². The van der Waals surface area contributed by atoms with Gasteiger partial charge in [0.05, 0.1) is 25.6 Å². The maximum atomic E-state index is 13.2. The zero-order chi connectivity index (χ0) is 12.3. The number of hydrogen-bond acceptors (Lipinski definition) is 3. The Hall–Kier alpha value is -1.88. The molecule has 5 heteroatoms. The van der Waals surface area contributed by atoms with E-state index in [0.717, 1.165) is 0 Å². The number of aromatic amines is 1. The maximum absolute atomic E-state index is 13.2. The van der Waals surface area contributed by atoms with Gasteiger partial charge in [-0.05, 0) is 18.2 Å². The van der Waals surface area contributed by atoms with Crippen molar-refractivity contribution < 1.29 is 14.2 Å². The van der Waals surface area contributed by atoms with E-state index in [9.17, 15) is 4.39 Å². The van der Waals surface area contributed by atoms with Gasteiger partial charge in [0.1, 0.15) is 17.4 Å². The molecule has 1 heterocycles. The minimum atomic E-state index is -0.334. The SMILES string of the molecule is COc1ccc(F)cc1-c1cnc(CCO)[nH]1. The Bertz CT molecular complexity index is 511. The summed E-state index contributed by atoms with van der Waals surface area (Å²) >= 11 is 0. The van der Waals surface area contributed by atoms with E-state index in [-0.39, 0.29) is 12.4 Å². The summed E-state index contributed by atoms with van der Waals surface area (Å²) in [6.07, 6.45) is 2.04. The van der Waals surface area contributed by atoms with Crippen LogP contribution >= 0.6 is 0 Å². The lowest BCUT2D eigenvalue weighted by Gasteiger charge is -2.06. The lowest BCUT2D eigenvalue weighted by Crippen LogP contribution is -1.93. The van der Waals surface area contributed by atoms with Crippen LogP contribution in [-0.2, 0) is 6.42 Å². The molecule has 17 heavy (non-hydrogen) atoms. The van der Waals surface area contributed by atoms with E-state index < -0.39 is 0 Å². The Morgan fingerprint density at radius 1 is 1.47 bits per heavy atom. The van der Waals surface area contributed by atoms with Crippen molar-refractivity contribution in [2.24, 2.45) is 0 Å². The second-order valence-electron chi connectivity index (χ2n) is 3.56. The molecule has 0 radical (unpaired) electrons. The van der Waals surface area contributed by atoms with Gasteiger partial charge in [0.15, 0.2) is 0 Å². The normalized spacial score (nSPS) is 10.5. The fourth-order valence-corrected chi connectivity index (χ4v) is 1.62. The lowest BCUT2D eigenvalue weighted by atomic mass is 10.1. The second kappa shape index (κ2) is 4.97. The average Bonchev–Trinajstić information content (AvgIpc) is 2.78. The quantitative estimate of drug-likeness (QED) is 0.850. The number of halogens is 1. The Morgan fingerprint density at radius 3 is 3.00 bits per heavy atom. The monoisotopic (exact) mass is 236 g/mol. The first kappa shape index (κ1) is 11.6. The van der Waals surface area contributed by atoms with Gasteiger partial charge in [0, 0.05) is 12.0 Å². The Morgan fingerprint density at radius 2 is 2.29 bits per heavy atom. The number of hydrogen-bond donors (Lipinski definition) is 2. The van der Waals surface area contributed by atoms with E-state index in [1.165, 1.54) is 19.2 Å². The molecule has 0 atom stereocenters. The van der Waals surface area contributed by atoms with Crippen LogP contribution in [0.15, 0.2) is 24.4 Å². The zero-order valence-corrected chi connectivity index (χ0v) is 9.40. The van der Waals surface area contributed by atoms with Crippen LogP contribution in [0.3, 0.4) is 0 Å². The number of ether oxygens (including phenoxy) is 1. The zero-order valence-electron chi connectivity index (χ0n) is 9.40. The Balaban J connectivity index is 2.40. The molecule has 2 rings (SSSR count). The van der Waals surface area contributed by atoms with Gasteiger partial charge in [-0.3, -0.25) is 0 Å². The number of imidazole rings is 1. The van der Waals surface area contributed by atoms with Gasteiger partial charge in [0.2, 0.25) is 0 Å². The second-order valence-corrected chi connectivity index (χ2v) is 3.56. The first-order valence-electron chi connectivity index (χ1n) is 5.23. The van der Waals surface area contributed by atoms with Crippen LogP contribution < -0.4 is 4.74 Å². The van der Waals surface area contributed by atoms with Gasteiger partial charge in [-0.1, -0.05) is 0 Å². The van der Waals surface area contributed by atoms with Crippen molar-refractivity contribution >= 4 is 0 Å². The molecule has 1 aromatic carbocycles. The smallest absolute Gasteiger partial charge is 0.128 e. The molecule has 4 nitrogen and oxygen atoms in total. The summed E-state index contributed by atoms with van der Waals surface area (Å²) in [7, 11) is 1.53. The third-order valence-electron chi connectivity index (χ3n) is 2.43. The standard InChI is InChI=1S/C12H13FN2O2/c1-17-11-3-2-8(13)6-9(11)10-7-14-12(15-10)4-5-16/h2-3,6-7,16H,4-5H2,1H3,(H,14,15). The predicted octanol–water partition coefficient (Wildman–Crippen LogP) is 1.76. The lowest BCUT2D eigenvalue weighted by molar-refractivity contribution is 0.297. The molecule has 0 bridgehead atoms. The third kappa shape index (κ3) is 2.45. The van der Waals surface area contributed by atoms with Gasteiger partial charge in [-0.2, -0.15) is 0 Å². The first-order chi connectivity index (χ1) is 8.24. The molecule has 2 N–H and O–H groups in total. The number of H-pyrrole nitrogens is 1. The largest absolute Gasteiger partial charge is 0.496 e. The minimum Gasteiger partial charge on any atom is -0.496 e. The summed E-state index contributed by atoms with van der Waals surface area (Å²) in [5.41, 5.74) is 1.29. The van der Waals surface area contributed by atoms with Crippen molar-refractivity contribution in [3.8, 4) is 17.0 Å².